The molecule has 0 bridgehead atoms. The van der Waals surface area contributed by atoms with Crippen molar-refractivity contribution in [1.82, 2.24) is 4.98 Å². The van der Waals surface area contributed by atoms with E-state index in [0.29, 0.717) is 13.2 Å². The molecule has 0 aliphatic carbocycles. The van der Waals surface area contributed by atoms with Crippen LogP contribution in [0.1, 0.15) is 5.56 Å². The molecule has 3 nitrogen and oxygen atoms in total. The van der Waals surface area contributed by atoms with Crippen LogP contribution in [0.25, 0.3) is 0 Å². The van der Waals surface area contributed by atoms with E-state index in [2.05, 4.69) is 4.98 Å². The van der Waals surface area contributed by atoms with Gasteiger partial charge in [0.1, 0.15) is 0 Å². The number of hydrogen-bond acceptors (Lipinski definition) is 3. The first-order valence-corrected chi connectivity index (χ1v) is 4.01. The first kappa shape index (κ1) is 9.16. The van der Waals surface area contributed by atoms with Crippen LogP contribution in [0, 0.1) is 0 Å². The Hall–Kier alpha value is -0.930. The lowest BCUT2D eigenvalue weighted by atomic mass is 10.2. The second kappa shape index (κ2) is 5.69. The predicted octanol–water partition coefficient (Wildman–Crippen LogP) is 0.633. The van der Waals surface area contributed by atoms with Crippen molar-refractivity contribution >= 4 is 0 Å². The summed E-state index contributed by atoms with van der Waals surface area (Å²) in [6.07, 6.45) is 4.42. The molecule has 0 amide bonds. The van der Waals surface area contributed by atoms with Gasteiger partial charge in [0, 0.05) is 12.4 Å². The summed E-state index contributed by atoms with van der Waals surface area (Å²) in [6.45, 7) is 1.15. The summed E-state index contributed by atoms with van der Waals surface area (Å²) in [4.78, 5) is 3.98. The predicted molar refractivity (Wildman–Crippen MR) is 45.8 cm³/mol. The third-order valence-corrected chi connectivity index (χ3v) is 1.49. The fourth-order valence-corrected chi connectivity index (χ4v) is 0.903. The Labute approximate surface area is 72.0 Å². The number of aromatic nitrogens is 1. The van der Waals surface area contributed by atoms with Gasteiger partial charge >= 0.3 is 0 Å². The number of ether oxygens (including phenoxy) is 1. The zero-order chi connectivity index (χ0) is 8.65. The lowest BCUT2D eigenvalue weighted by molar-refractivity contribution is 0.0944. The summed E-state index contributed by atoms with van der Waals surface area (Å²) in [6, 6.07) is 3.91. The summed E-state index contributed by atoms with van der Waals surface area (Å²) in [5.41, 5.74) is 1.16. The largest absolute Gasteiger partial charge is 0.394 e. The third-order valence-electron chi connectivity index (χ3n) is 1.49. The van der Waals surface area contributed by atoms with Crippen molar-refractivity contribution < 1.29 is 9.84 Å². The highest BCUT2D eigenvalue weighted by Gasteiger charge is 1.91. The fraction of sp³-hybridized carbons (Fsp3) is 0.444. The van der Waals surface area contributed by atoms with Crippen LogP contribution in [0.5, 0.6) is 0 Å². The van der Waals surface area contributed by atoms with E-state index in [9.17, 15) is 0 Å². The molecule has 12 heavy (non-hydrogen) atoms. The van der Waals surface area contributed by atoms with Crippen LogP contribution in [0.2, 0.25) is 0 Å². The summed E-state index contributed by atoms with van der Waals surface area (Å²) in [7, 11) is 0. The van der Waals surface area contributed by atoms with Crippen molar-refractivity contribution in [2.45, 2.75) is 6.42 Å². The van der Waals surface area contributed by atoms with Gasteiger partial charge in [0.05, 0.1) is 19.8 Å². The van der Waals surface area contributed by atoms with E-state index in [-0.39, 0.29) is 6.61 Å². The maximum absolute atomic E-state index is 8.43. The Bertz CT molecular complexity index is 201. The first-order valence-electron chi connectivity index (χ1n) is 4.01. The molecular formula is C9H13NO2. The zero-order valence-corrected chi connectivity index (χ0v) is 6.94. The van der Waals surface area contributed by atoms with Crippen molar-refractivity contribution in [3.63, 3.8) is 0 Å². The molecule has 0 spiro atoms. The summed E-state index contributed by atoms with van der Waals surface area (Å²) >= 11 is 0. The Morgan fingerprint density at radius 1 is 1.42 bits per heavy atom. The third kappa shape index (κ3) is 3.46. The Morgan fingerprint density at radius 2 is 2.33 bits per heavy atom. The van der Waals surface area contributed by atoms with Crippen LogP contribution in [0.3, 0.4) is 0 Å². The molecule has 0 saturated heterocycles. The Balaban J connectivity index is 2.16. The molecule has 1 aromatic heterocycles. The van der Waals surface area contributed by atoms with Gasteiger partial charge in [-0.3, -0.25) is 4.98 Å². The molecule has 1 heterocycles. The normalized spacial score (nSPS) is 10.1. The van der Waals surface area contributed by atoms with E-state index in [4.69, 9.17) is 9.84 Å². The van der Waals surface area contributed by atoms with E-state index in [1.807, 2.05) is 18.3 Å². The number of aliphatic hydroxyl groups is 1. The molecule has 1 rings (SSSR count). The van der Waals surface area contributed by atoms with Gasteiger partial charge in [0.25, 0.3) is 0 Å². The lowest BCUT2D eigenvalue weighted by Gasteiger charge is -2.00. The molecule has 0 aromatic carbocycles. The van der Waals surface area contributed by atoms with Gasteiger partial charge in [-0.05, 0) is 18.1 Å². The monoisotopic (exact) mass is 167 g/mol. The summed E-state index contributed by atoms with van der Waals surface area (Å²) in [5, 5.41) is 8.43. The maximum Gasteiger partial charge on any atom is 0.0697 e. The van der Waals surface area contributed by atoms with Gasteiger partial charge in [-0.1, -0.05) is 6.07 Å². The molecule has 1 aromatic rings. The molecule has 66 valence electrons. The highest BCUT2D eigenvalue weighted by Crippen LogP contribution is 1.96. The maximum atomic E-state index is 8.43. The molecule has 0 aliphatic heterocycles. The van der Waals surface area contributed by atoms with Gasteiger partial charge < -0.3 is 9.84 Å². The van der Waals surface area contributed by atoms with E-state index in [1.165, 1.54) is 0 Å². The average Bonchev–Trinajstić information content (AvgIpc) is 2.14. The van der Waals surface area contributed by atoms with Gasteiger partial charge in [-0.15, -0.1) is 0 Å². The topological polar surface area (TPSA) is 42.4 Å². The first-order chi connectivity index (χ1) is 5.93. The van der Waals surface area contributed by atoms with Gasteiger partial charge in [0.15, 0.2) is 0 Å². The highest BCUT2D eigenvalue weighted by molar-refractivity contribution is 5.08. The number of nitrogens with zero attached hydrogens (tertiary/aromatic N) is 1. The van der Waals surface area contributed by atoms with Gasteiger partial charge in [0.2, 0.25) is 0 Å². The van der Waals surface area contributed by atoms with Crippen LogP contribution < -0.4 is 0 Å². The van der Waals surface area contributed by atoms with Crippen LogP contribution in [0.15, 0.2) is 24.5 Å². The molecule has 0 radical (unpaired) electrons. The minimum Gasteiger partial charge on any atom is -0.394 e. The Kier molecular flexibility index (Phi) is 4.34. The summed E-state index contributed by atoms with van der Waals surface area (Å²) in [5.74, 6) is 0. The molecular weight excluding hydrogens is 154 g/mol. The van der Waals surface area contributed by atoms with E-state index >= 15 is 0 Å². The molecule has 0 fully saturated rings. The van der Waals surface area contributed by atoms with Crippen molar-refractivity contribution in [1.29, 1.82) is 0 Å². The minimum atomic E-state index is 0.0903. The van der Waals surface area contributed by atoms with Gasteiger partial charge in [-0.2, -0.15) is 0 Å². The molecule has 0 unspecified atom stereocenters. The van der Waals surface area contributed by atoms with Crippen LogP contribution in [0.4, 0.5) is 0 Å². The number of aliphatic hydroxyl groups excluding tert-OH is 1. The molecule has 0 saturated carbocycles. The SMILES string of the molecule is OCCOCCc1cccnc1. The number of hydrogen-bond donors (Lipinski definition) is 1. The molecule has 3 heteroatoms. The molecule has 1 N–H and O–H groups in total. The van der Waals surface area contributed by atoms with E-state index < -0.39 is 0 Å². The minimum absolute atomic E-state index is 0.0903. The smallest absolute Gasteiger partial charge is 0.0697 e. The van der Waals surface area contributed by atoms with Crippen LogP contribution in [-0.2, 0) is 11.2 Å². The van der Waals surface area contributed by atoms with E-state index in [1.54, 1.807) is 6.20 Å². The molecule has 0 aliphatic rings. The number of rotatable bonds is 5. The molecule has 0 atom stereocenters. The van der Waals surface area contributed by atoms with Crippen LogP contribution in [-0.4, -0.2) is 29.9 Å². The quantitative estimate of drug-likeness (QED) is 0.654. The highest BCUT2D eigenvalue weighted by atomic mass is 16.5. The standard InChI is InChI=1S/C9H13NO2/c11-5-7-12-6-3-9-2-1-4-10-8-9/h1-2,4,8,11H,3,5-7H2. The second-order valence-electron chi connectivity index (χ2n) is 2.45. The van der Waals surface area contributed by atoms with Crippen molar-refractivity contribution in [3.8, 4) is 0 Å². The van der Waals surface area contributed by atoms with Crippen molar-refractivity contribution in [2.75, 3.05) is 19.8 Å². The summed E-state index contributed by atoms with van der Waals surface area (Å²) < 4.78 is 5.11. The van der Waals surface area contributed by atoms with Gasteiger partial charge in [-0.25, -0.2) is 0 Å². The average molecular weight is 167 g/mol. The Morgan fingerprint density at radius 3 is 3.00 bits per heavy atom. The second-order valence-corrected chi connectivity index (χ2v) is 2.45. The zero-order valence-electron chi connectivity index (χ0n) is 6.94. The van der Waals surface area contributed by atoms with E-state index in [0.717, 1.165) is 12.0 Å². The number of pyridine rings is 1. The van der Waals surface area contributed by atoms with Crippen molar-refractivity contribution in [2.24, 2.45) is 0 Å². The fourth-order valence-electron chi connectivity index (χ4n) is 0.903. The van der Waals surface area contributed by atoms with Crippen LogP contribution >= 0.6 is 0 Å². The van der Waals surface area contributed by atoms with Crippen molar-refractivity contribution in [3.05, 3.63) is 30.1 Å². The lowest BCUT2D eigenvalue weighted by Crippen LogP contribution is -2.03.